The molecule has 0 radical (unpaired) electrons. The Morgan fingerprint density at radius 3 is 2.83 bits per heavy atom. The first-order valence-electron chi connectivity index (χ1n) is 5.38. The van der Waals surface area contributed by atoms with Gasteiger partial charge in [0.25, 0.3) is 5.56 Å². The van der Waals surface area contributed by atoms with Gasteiger partial charge in [-0.15, -0.1) is 0 Å². The van der Waals surface area contributed by atoms with Gasteiger partial charge in [-0.05, 0) is 41.1 Å². The van der Waals surface area contributed by atoms with Crippen molar-refractivity contribution in [2.45, 2.75) is 13.5 Å². The van der Waals surface area contributed by atoms with E-state index in [1.54, 1.807) is 31.3 Å². The van der Waals surface area contributed by atoms with E-state index in [2.05, 4.69) is 15.9 Å². The van der Waals surface area contributed by atoms with E-state index in [-0.39, 0.29) is 12.1 Å². The molecule has 2 rings (SSSR count). The van der Waals surface area contributed by atoms with Crippen molar-refractivity contribution in [3.05, 3.63) is 62.2 Å². The summed E-state index contributed by atoms with van der Waals surface area (Å²) in [6, 6.07) is 6.22. The Morgan fingerprint density at radius 2 is 2.17 bits per heavy atom. The largest absolute Gasteiger partial charge is 0.398 e. The van der Waals surface area contributed by atoms with E-state index >= 15 is 0 Å². The van der Waals surface area contributed by atoms with Gasteiger partial charge in [0.05, 0.1) is 6.54 Å². The number of aromatic nitrogens is 1. The summed E-state index contributed by atoms with van der Waals surface area (Å²) < 4.78 is 15.9. The van der Waals surface area contributed by atoms with Gasteiger partial charge in [-0.1, -0.05) is 6.07 Å². The molecule has 1 aromatic heterocycles. The summed E-state index contributed by atoms with van der Waals surface area (Å²) in [6.07, 6.45) is 1.63. The Labute approximate surface area is 112 Å². The third-order valence-corrected chi connectivity index (χ3v) is 3.15. The molecular weight excluding hydrogens is 299 g/mol. The van der Waals surface area contributed by atoms with Crippen molar-refractivity contribution in [3.8, 4) is 0 Å². The van der Waals surface area contributed by atoms with E-state index in [0.717, 1.165) is 4.47 Å². The molecule has 0 fully saturated rings. The zero-order valence-electron chi connectivity index (χ0n) is 9.78. The van der Waals surface area contributed by atoms with Crippen LogP contribution in [0.2, 0.25) is 0 Å². The third-order valence-electron chi connectivity index (χ3n) is 2.72. The van der Waals surface area contributed by atoms with Gasteiger partial charge in [0.1, 0.15) is 5.82 Å². The normalized spacial score (nSPS) is 10.6. The molecule has 0 spiro atoms. The highest BCUT2D eigenvalue weighted by molar-refractivity contribution is 9.10. The number of hydrogen-bond acceptors (Lipinski definition) is 2. The van der Waals surface area contributed by atoms with Crippen molar-refractivity contribution in [1.82, 2.24) is 4.57 Å². The van der Waals surface area contributed by atoms with Crippen molar-refractivity contribution < 1.29 is 4.39 Å². The fourth-order valence-corrected chi connectivity index (χ4v) is 2.36. The molecule has 0 unspecified atom stereocenters. The smallest absolute Gasteiger partial charge is 0.253 e. The highest BCUT2D eigenvalue weighted by Gasteiger charge is 2.09. The summed E-state index contributed by atoms with van der Waals surface area (Å²) in [5.74, 6) is -0.403. The lowest BCUT2D eigenvalue weighted by atomic mass is 10.1. The first-order valence-corrected chi connectivity index (χ1v) is 6.18. The van der Waals surface area contributed by atoms with Gasteiger partial charge in [-0.2, -0.15) is 0 Å². The molecule has 3 nitrogen and oxygen atoms in total. The number of hydrogen-bond donors (Lipinski definition) is 1. The van der Waals surface area contributed by atoms with E-state index in [0.29, 0.717) is 16.8 Å². The molecule has 0 saturated carbocycles. The standard InChI is InChI=1S/C13H12BrFN2O/c1-8-5-9(14)6-17(13(8)18)7-10-11(15)3-2-4-12(10)16/h2-6H,7,16H2,1H3. The lowest BCUT2D eigenvalue weighted by molar-refractivity contribution is 0.597. The molecule has 0 aliphatic carbocycles. The van der Waals surface area contributed by atoms with Gasteiger partial charge in [0, 0.05) is 27.5 Å². The van der Waals surface area contributed by atoms with Crippen LogP contribution in [0, 0.1) is 12.7 Å². The van der Waals surface area contributed by atoms with Gasteiger partial charge in [-0.25, -0.2) is 4.39 Å². The molecule has 0 atom stereocenters. The Kier molecular flexibility index (Phi) is 3.52. The van der Waals surface area contributed by atoms with Gasteiger partial charge < -0.3 is 10.3 Å². The molecule has 2 N–H and O–H groups in total. The van der Waals surface area contributed by atoms with Crippen LogP contribution in [0.1, 0.15) is 11.1 Å². The Bertz CT molecular complexity index is 632. The molecule has 1 heterocycles. The fourth-order valence-electron chi connectivity index (χ4n) is 1.77. The summed E-state index contributed by atoms with van der Waals surface area (Å²) >= 11 is 3.31. The van der Waals surface area contributed by atoms with Crippen molar-refractivity contribution in [2.24, 2.45) is 0 Å². The summed E-state index contributed by atoms with van der Waals surface area (Å²) in [5, 5.41) is 0. The Hall–Kier alpha value is -1.62. The zero-order valence-corrected chi connectivity index (χ0v) is 11.4. The first-order chi connectivity index (χ1) is 8.49. The van der Waals surface area contributed by atoms with E-state index in [1.165, 1.54) is 10.6 Å². The number of nitrogens with two attached hydrogens (primary N) is 1. The second kappa shape index (κ2) is 4.94. The van der Waals surface area contributed by atoms with Crippen LogP contribution >= 0.6 is 15.9 Å². The third kappa shape index (κ3) is 2.46. The zero-order chi connectivity index (χ0) is 13.3. The van der Waals surface area contributed by atoms with Gasteiger partial charge in [0.2, 0.25) is 0 Å². The number of aryl methyl sites for hydroxylation is 1. The highest BCUT2D eigenvalue weighted by Crippen LogP contribution is 2.17. The van der Waals surface area contributed by atoms with E-state index < -0.39 is 5.82 Å². The first kappa shape index (κ1) is 12.8. The molecule has 0 bridgehead atoms. The van der Waals surface area contributed by atoms with Crippen molar-refractivity contribution >= 4 is 21.6 Å². The monoisotopic (exact) mass is 310 g/mol. The SMILES string of the molecule is Cc1cc(Br)cn(Cc2c(N)cccc2F)c1=O. The summed E-state index contributed by atoms with van der Waals surface area (Å²) in [5.41, 5.74) is 6.85. The van der Waals surface area contributed by atoms with E-state index in [1.807, 2.05) is 0 Å². The summed E-state index contributed by atoms with van der Waals surface area (Å²) in [6.45, 7) is 1.84. The number of halogens is 2. The minimum atomic E-state index is -0.403. The maximum absolute atomic E-state index is 13.7. The van der Waals surface area contributed by atoms with Crippen LogP contribution in [-0.4, -0.2) is 4.57 Å². The van der Waals surface area contributed by atoms with Crippen molar-refractivity contribution in [2.75, 3.05) is 5.73 Å². The molecule has 5 heteroatoms. The lowest BCUT2D eigenvalue weighted by Gasteiger charge is -2.10. The van der Waals surface area contributed by atoms with Gasteiger partial charge in [0.15, 0.2) is 0 Å². The number of anilines is 1. The quantitative estimate of drug-likeness (QED) is 0.867. The Balaban J connectivity index is 2.50. The second-order valence-electron chi connectivity index (χ2n) is 4.08. The predicted molar refractivity (Wildman–Crippen MR) is 73.1 cm³/mol. The van der Waals surface area contributed by atoms with E-state index in [4.69, 9.17) is 5.73 Å². The molecule has 0 aliphatic heterocycles. The molecular formula is C13H12BrFN2O. The van der Waals surface area contributed by atoms with Crippen LogP contribution in [0.3, 0.4) is 0 Å². The molecule has 94 valence electrons. The molecule has 0 amide bonds. The van der Waals surface area contributed by atoms with Crippen LogP contribution in [0.5, 0.6) is 0 Å². The number of benzene rings is 1. The van der Waals surface area contributed by atoms with Crippen LogP contribution in [0.4, 0.5) is 10.1 Å². The average molecular weight is 311 g/mol. The molecule has 1 aromatic carbocycles. The average Bonchev–Trinajstić information content (AvgIpc) is 2.30. The predicted octanol–water partition coefficient (Wildman–Crippen LogP) is 2.69. The molecule has 18 heavy (non-hydrogen) atoms. The van der Waals surface area contributed by atoms with Crippen molar-refractivity contribution in [3.63, 3.8) is 0 Å². The van der Waals surface area contributed by atoms with Gasteiger partial charge in [-0.3, -0.25) is 4.79 Å². The van der Waals surface area contributed by atoms with Crippen LogP contribution in [0.15, 0.2) is 39.7 Å². The maximum atomic E-state index is 13.7. The number of pyridine rings is 1. The molecule has 0 saturated heterocycles. The minimum Gasteiger partial charge on any atom is -0.398 e. The molecule has 0 aliphatic rings. The summed E-state index contributed by atoms with van der Waals surface area (Å²) in [4.78, 5) is 11.9. The van der Waals surface area contributed by atoms with Crippen LogP contribution < -0.4 is 11.3 Å². The number of nitrogens with zero attached hydrogens (tertiary/aromatic N) is 1. The van der Waals surface area contributed by atoms with Crippen LogP contribution in [0.25, 0.3) is 0 Å². The van der Waals surface area contributed by atoms with Crippen LogP contribution in [-0.2, 0) is 6.54 Å². The maximum Gasteiger partial charge on any atom is 0.253 e. The van der Waals surface area contributed by atoms with Gasteiger partial charge >= 0.3 is 0 Å². The number of nitrogen functional groups attached to an aromatic ring is 1. The number of rotatable bonds is 2. The minimum absolute atomic E-state index is 0.123. The van der Waals surface area contributed by atoms with Crippen molar-refractivity contribution in [1.29, 1.82) is 0 Å². The second-order valence-corrected chi connectivity index (χ2v) is 5.00. The fraction of sp³-hybridized carbons (Fsp3) is 0.154. The Morgan fingerprint density at radius 1 is 1.44 bits per heavy atom. The topological polar surface area (TPSA) is 48.0 Å². The lowest BCUT2D eigenvalue weighted by Crippen LogP contribution is -2.23. The molecule has 2 aromatic rings. The summed E-state index contributed by atoms with van der Waals surface area (Å²) in [7, 11) is 0. The highest BCUT2D eigenvalue weighted by atomic mass is 79.9. The van der Waals surface area contributed by atoms with E-state index in [9.17, 15) is 9.18 Å².